The van der Waals surface area contributed by atoms with Gasteiger partial charge in [0.15, 0.2) is 11.2 Å². The molecule has 36 heavy (non-hydrogen) atoms. The number of pyridine rings is 1. The summed E-state index contributed by atoms with van der Waals surface area (Å²) in [5.41, 5.74) is -2.39. The number of hydrogen-bond acceptors (Lipinski definition) is 6. The molecule has 0 bridgehead atoms. The topological polar surface area (TPSA) is 94.6 Å². The van der Waals surface area contributed by atoms with Crippen molar-refractivity contribution >= 4 is 28.7 Å². The van der Waals surface area contributed by atoms with Gasteiger partial charge in [-0.05, 0) is 41.0 Å². The SMILES string of the molecule is COC(=O)c1cncc(-c2ccc(C(C)C(O)(c3ccc4oc(=O)n(C)c4c3)C(F)(F)F)c(Cl)c2)c1. The van der Waals surface area contributed by atoms with Gasteiger partial charge in [0.05, 0.1) is 18.2 Å². The Morgan fingerprint density at radius 2 is 1.86 bits per heavy atom. The van der Waals surface area contributed by atoms with Crippen LogP contribution >= 0.6 is 11.6 Å². The van der Waals surface area contributed by atoms with Crippen molar-refractivity contribution in [3.63, 3.8) is 0 Å². The van der Waals surface area contributed by atoms with Crippen molar-refractivity contribution in [3.8, 4) is 11.1 Å². The number of rotatable bonds is 5. The summed E-state index contributed by atoms with van der Waals surface area (Å²) in [6.07, 6.45) is -2.30. The fourth-order valence-electron chi connectivity index (χ4n) is 4.13. The highest BCUT2D eigenvalue weighted by molar-refractivity contribution is 6.31. The first-order valence-corrected chi connectivity index (χ1v) is 11.0. The summed E-state index contributed by atoms with van der Waals surface area (Å²) in [5, 5.41) is 11.1. The maximum atomic E-state index is 14.4. The summed E-state index contributed by atoms with van der Waals surface area (Å²) >= 11 is 6.42. The zero-order valence-electron chi connectivity index (χ0n) is 19.3. The molecule has 0 aliphatic rings. The third-order valence-electron chi connectivity index (χ3n) is 6.25. The van der Waals surface area contributed by atoms with E-state index in [-0.39, 0.29) is 27.2 Å². The first-order valence-electron chi connectivity index (χ1n) is 10.6. The number of esters is 1. The van der Waals surface area contributed by atoms with Crippen LogP contribution in [0.2, 0.25) is 5.02 Å². The lowest BCUT2D eigenvalue weighted by Crippen LogP contribution is -2.46. The third-order valence-corrected chi connectivity index (χ3v) is 6.58. The summed E-state index contributed by atoms with van der Waals surface area (Å²) in [5.74, 6) is -2.88. The number of oxazole rings is 1. The van der Waals surface area contributed by atoms with Gasteiger partial charge in [-0.15, -0.1) is 0 Å². The molecule has 1 N–H and O–H groups in total. The summed E-state index contributed by atoms with van der Waals surface area (Å²) < 4.78 is 54.0. The average molecular weight is 521 g/mol. The number of methoxy groups -OCH3 is 1. The quantitative estimate of drug-likeness (QED) is 0.364. The number of alkyl halides is 3. The van der Waals surface area contributed by atoms with Gasteiger partial charge in [-0.1, -0.05) is 36.7 Å². The molecule has 0 amide bonds. The lowest BCUT2D eigenvalue weighted by molar-refractivity contribution is -0.274. The van der Waals surface area contributed by atoms with E-state index in [4.69, 9.17) is 16.0 Å². The van der Waals surface area contributed by atoms with E-state index in [9.17, 15) is 27.9 Å². The zero-order chi connectivity index (χ0) is 26.4. The number of aryl methyl sites for hydroxylation is 1. The van der Waals surface area contributed by atoms with Crippen LogP contribution in [0.1, 0.15) is 34.3 Å². The van der Waals surface area contributed by atoms with Crippen LogP contribution in [-0.2, 0) is 17.4 Å². The van der Waals surface area contributed by atoms with Gasteiger partial charge in [0.25, 0.3) is 0 Å². The van der Waals surface area contributed by atoms with E-state index in [0.717, 1.165) is 16.7 Å². The van der Waals surface area contributed by atoms with Crippen LogP contribution in [0.5, 0.6) is 0 Å². The van der Waals surface area contributed by atoms with Crippen molar-refractivity contribution in [3.05, 3.63) is 87.1 Å². The van der Waals surface area contributed by atoms with E-state index in [1.807, 2.05) is 0 Å². The van der Waals surface area contributed by atoms with Gasteiger partial charge in [-0.3, -0.25) is 9.55 Å². The molecule has 0 aliphatic heterocycles. The maximum Gasteiger partial charge on any atom is 0.422 e. The minimum atomic E-state index is -5.09. The van der Waals surface area contributed by atoms with Crippen molar-refractivity contribution in [2.45, 2.75) is 24.6 Å². The molecular formula is C25H20ClF3N2O5. The second-order valence-electron chi connectivity index (χ2n) is 8.29. The molecule has 0 aliphatic carbocycles. The second kappa shape index (κ2) is 9.11. The van der Waals surface area contributed by atoms with Crippen LogP contribution in [0.4, 0.5) is 13.2 Å². The number of hydrogen-bond donors (Lipinski definition) is 1. The zero-order valence-corrected chi connectivity index (χ0v) is 20.0. The van der Waals surface area contributed by atoms with Crippen molar-refractivity contribution in [1.29, 1.82) is 0 Å². The van der Waals surface area contributed by atoms with Crippen LogP contribution in [0.15, 0.2) is 64.1 Å². The highest BCUT2D eigenvalue weighted by Gasteiger charge is 2.59. The number of fused-ring (bicyclic) bond motifs is 1. The Labute approximate surface area is 207 Å². The Morgan fingerprint density at radius 3 is 2.50 bits per heavy atom. The molecule has 2 aromatic heterocycles. The lowest BCUT2D eigenvalue weighted by Gasteiger charge is -2.37. The highest BCUT2D eigenvalue weighted by atomic mass is 35.5. The first-order chi connectivity index (χ1) is 16.9. The van der Waals surface area contributed by atoms with Crippen molar-refractivity contribution < 1.29 is 32.2 Å². The predicted octanol–water partition coefficient (Wildman–Crippen LogP) is 5.19. The molecule has 0 spiro atoms. The van der Waals surface area contributed by atoms with E-state index in [1.54, 1.807) is 0 Å². The number of nitrogens with zero attached hydrogens (tertiary/aromatic N) is 2. The Morgan fingerprint density at radius 1 is 1.14 bits per heavy atom. The molecule has 0 radical (unpaired) electrons. The van der Waals surface area contributed by atoms with Crippen molar-refractivity contribution in [2.75, 3.05) is 7.11 Å². The Hall–Kier alpha value is -3.63. The lowest BCUT2D eigenvalue weighted by atomic mass is 9.77. The monoisotopic (exact) mass is 520 g/mol. The number of ether oxygens (including phenoxy) is 1. The summed E-state index contributed by atoms with van der Waals surface area (Å²) in [6.45, 7) is 1.21. The normalized spacial score (nSPS) is 14.4. The van der Waals surface area contributed by atoms with E-state index in [1.165, 1.54) is 63.8 Å². The fraction of sp³-hybridized carbons (Fsp3) is 0.240. The van der Waals surface area contributed by atoms with Gasteiger partial charge in [0.1, 0.15) is 0 Å². The molecule has 0 saturated heterocycles. The minimum absolute atomic E-state index is 0.0251. The van der Waals surface area contributed by atoms with Crippen LogP contribution in [0, 0.1) is 0 Å². The van der Waals surface area contributed by atoms with E-state index < -0.39 is 35.0 Å². The van der Waals surface area contributed by atoms with Crippen LogP contribution in [0.3, 0.4) is 0 Å². The molecule has 2 heterocycles. The molecule has 2 unspecified atom stereocenters. The number of aliphatic hydroxyl groups is 1. The average Bonchev–Trinajstić information content (AvgIpc) is 3.14. The number of carbonyl (C=O) groups is 1. The molecule has 4 rings (SSSR count). The molecule has 2 aromatic carbocycles. The minimum Gasteiger partial charge on any atom is -0.465 e. The van der Waals surface area contributed by atoms with Gasteiger partial charge >= 0.3 is 17.9 Å². The fourth-order valence-corrected chi connectivity index (χ4v) is 4.48. The van der Waals surface area contributed by atoms with E-state index in [0.29, 0.717) is 11.1 Å². The predicted molar refractivity (Wildman–Crippen MR) is 126 cm³/mol. The van der Waals surface area contributed by atoms with E-state index >= 15 is 0 Å². The smallest absolute Gasteiger partial charge is 0.422 e. The number of benzene rings is 2. The molecule has 11 heteroatoms. The van der Waals surface area contributed by atoms with Crippen LogP contribution in [0.25, 0.3) is 22.2 Å². The highest BCUT2D eigenvalue weighted by Crippen LogP contribution is 2.50. The Kier molecular flexibility index (Phi) is 6.44. The van der Waals surface area contributed by atoms with Gasteiger partial charge in [0.2, 0.25) is 0 Å². The first kappa shape index (κ1) is 25.5. The van der Waals surface area contributed by atoms with Crippen molar-refractivity contribution in [1.82, 2.24) is 9.55 Å². The van der Waals surface area contributed by atoms with Gasteiger partial charge in [-0.2, -0.15) is 13.2 Å². The molecule has 2 atom stereocenters. The molecule has 4 aromatic rings. The van der Waals surface area contributed by atoms with Gasteiger partial charge in [-0.25, -0.2) is 9.59 Å². The largest absolute Gasteiger partial charge is 0.465 e. The van der Waals surface area contributed by atoms with Crippen molar-refractivity contribution in [2.24, 2.45) is 7.05 Å². The second-order valence-corrected chi connectivity index (χ2v) is 8.69. The van der Waals surface area contributed by atoms with E-state index in [2.05, 4.69) is 9.72 Å². The van der Waals surface area contributed by atoms with Gasteiger partial charge < -0.3 is 14.3 Å². The molecule has 0 saturated carbocycles. The summed E-state index contributed by atoms with van der Waals surface area (Å²) in [6, 6.07) is 9.22. The number of carbonyl (C=O) groups excluding carboxylic acids is 1. The molecule has 188 valence electrons. The maximum absolute atomic E-state index is 14.4. The molecule has 0 fully saturated rings. The number of aromatic nitrogens is 2. The third kappa shape index (κ3) is 4.16. The Bertz CT molecular complexity index is 1530. The standard InChI is InChI=1S/C25H20ClF3N2O5/c1-13(18-6-4-14(9-19(18)26)15-8-16(12-30-11-15)22(32)35-3)24(34,25(27,28)29)17-5-7-21-20(10-17)31(2)23(33)36-21/h4-13,34H,1-3H3. The summed E-state index contributed by atoms with van der Waals surface area (Å²) in [7, 11) is 2.58. The molecular weight excluding hydrogens is 501 g/mol. The summed E-state index contributed by atoms with van der Waals surface area (Å²) in [4.78, 5) is 27.6. The van der Waals surface area contributed by atoms with Gasteiger partial charge in [0, 0.05) is 35.9 Å². The Balaban J connectivity index is 1.79. The molecule has 7 nitrogen and oxygen atoms in total. The van der Waals surface area contributed by atoms with Crippen LogP contribution < -0.4 is 5.76 Å². The van der Waals surface area contributed by atoms with Crippen LogP contribution in [-0.4, -0.2) is 33.9 Å². The number of halogens is 4.